The molecule has 1 amide bonds. The molecule has 0 saturated carbocycles. The van der Waals surface area contributed by atoms with Gasteiger partial charge in [0.2, 0.25) is 5.91 Å². The summed E-state index contributed by atoms with van der Waals surface area (Å²) in [5.41, 5.74) is 1.38. The van der Waals surface area contributed by atoms with Gasteiger partial charge in [0, 0.05) is 32.7 Å². The van der Waals surface area contributed by atoms with Gasteiger partial charge in [0.15, 0.2) is 0 Å². The smallest absolute Gasteiger partial charge is 0.475 e. The van der Waals surface area contributed by atoms with E-state index in [1.165, 1.54) is 5.56 Å². The molecule has 1 aromatic carbocycles. The third kappa shape index (κ3) is 6.66. The Morgan fingerprint density at radius 3 is 2.31 bits per heavy atom. The van der Waals surface area contributed by atoms with Crippen LogP contribution in [0.4, 0.5) is 13.2 Å². The van der Waals surface area contributed by atoms with Gasteiger partial charge < -0.3 is 24.4 Å². The molecule has 0 radical (unpaired) electrons. The topological polar surface area (TPSA) is 79.3 Å². The zero-order valence-electron chi connectivity index (χ0n) is 17.8. The van der Waals surface area contributed by atoms with E-state index in [1.54, 1.807) is 0 Å². The van der Waals surface area contributed by atoms with E-state index in [0.29, 0.717) is 31.7 Å². The van der Waals surface area contributed by atoms with Crippen molar-refractivity contribution in [2.24, 2.45) is 17.8 Å². The summed E-state index contributed by atoms with van der Waals surface area (Å²) in [4.78, 5) is 26.4. The maximum absolute atomic E-state index is 13.0. The molecule has 0 bridgehead atoms. The molecule has 0 spiro atoms. The third-order valence-corrected chi connectivity index (χ3v) is 6.16. The van der Waals surface area contributed by atoms with Gasteiger partial charge in [-0.1, -0.05) is 30.3 Å². The molecule has 0 aromatic heterocycles. The van der Waals surface area contributed by atoms with E-state index in [2.05, 4.69) is 35.2 Å². The number of hydrogen-bond acceptors (Lipinski definition) is 5. The number of carboxylic acid groups (broad SMARTS) is 1. The summed E-state index contributed by atoms with van der Waals surface area (Å²) in [6.45, 7) is 7.33. The summed E-state index contributed by atoms with van der Waals surface area (Å²) < 4.78 is 42.9. The van der Waals surface area contributed by atoms with Gasteiger partial charge in [0.1, 0.15) is 0 Å². The lowest BCUT2D eigenvalue weighted by atomic mass is 9.82. The molecule has 10 heteroatoms. The summed E-state index contributed by atoms with van der Waals surface area (Å²) >= 11 is 0. The lowest BCUT2D eigenvalue weighted by molar-refractivity contribution is -0.192. The van der Waals surface area contributed by atoms with Gasteiger partial charge in [-0.15, -0.1) is 0 Å². The maximum atomic E-state index is 13.0. The fourth-order valence-corrected chi connectivity index (χ4v) is 4.48. The highest BCUT2D eigenvalue weighted by molar-refractivity contribution is 5.79. The summed E-state index contributed by atoms with van der Waals surface area (Å²) in [7, 11) is 0. The van der Waals surface area contributed by atoms with Crippen molar-refractivity contribution < 1.29 is 37.3 Å². The molecule has 178 valence electrons. The van der Waals surface area contributed by atoms with Crippen molar-refractivity contribution in [2.45, 2.75) is 12.6 Å². The van der Waals surface area contributed by atoms with Gasteiger partial charge in [-0.25, -0.2) is 4.79 Å². The number of benzene rings is 1. The predicted molar refractivity (Wildman–Crippen MR) is 109 cm³/mol. The van der Waals surface area contributed by atoms with Crippen molar-refractivity contribution in [3.63, 3.8) is 0 Å². The van der Waals surface area contributed by atoms with Crippen molar-refractivity contribution in [3.05, 3.63) is 35.9 Å². The van der Waals surface area contributed by atoms with Crippen LogP contribution in [0.25, 0.3) is 0 Å². The van der Waals surface area contributed by atoms with Crippen molar-refractivity contribution in [1.29, 1.82) is 0 Å². The van der Waals surface area contributed by atoms with Crippen LogP contribution in [0.2, 0.25) is 0 Å². The zero-order chi connectivity index (χ0) is 23.1. The number of halogens is 3. The SMILES string of the molecule is O=C(O)C(F)(F)F.O=C([C@H]1COC[C@H]2CN(CCc3ccccc3)C[C@H]21)N1CCOCC1. The van der Waals surface area contributed by atoms with Crippen molar-refractivity contribution in [2.75, 3.05) is 59.2 Å². The van der Waals surface area contributed by atoms with Gasteiger partial charge in [-0.05, 0) is 23.8 Å². The Balaban J connectivity index is 0.000000360. The number of likely N-dealkylation sites (tertiary alicyclic amines) is 1. The van der Waals surface area contributed by atoms with E-state index < -0.39 is 12.1 Å². The van der Waals surface area contributed by atoms with E-state index in [0.717, 1.165) is 45.8 Å². The number of ether oxygens (including phenoxy) is 2. The van der Waals surface area contributed by atoms with Crippen LogP contribution in [0.15, 0.2) is 30.3 Å². The minimum absolute atomic E-state index is 0.0265. The monoisotopic (exact) mass is 458 g/mol. The quantitative estimate of drug-likeness (QED) is 0.743. The van der Waals surface area contributed by atoms with Gasteiger partial charge in [0.25, 0.3) is 0 Å². The Labute approximate surface area is 185 Å². The molecule has 1 N–H and O–H groups in total. The molecule has 3 fully saturated rings. The Bertz CT molecular complexity index is 756. The van der Waals surface area contributed by atoms with E-state index in [9.17, 15) is 18.0 Å². The normalized spacial score (nSPS) is 26.1. The van der Waals surface area contributed by atoms with Gasteiger partial charge in [0.05, 0.1) is 32.3 Å². The predicted octanol–water partition coefficient (Wildman–Crippen LogP) is 1.92. The molecule has 4 rings (SSSR count). The first kappa shape index (κ1) is 24.5. The number of carbonyl (C=O) groups is 2. The van der Waals surface area contributed by atoms with Gasteiger partial charge in [-0.3, -0.25) is 4.79 Å². The fourth-order valence-electron chi connectivity index (χ4n) is 4.48. The second kappa shape index (κ2) is 11.1. The first-order chi connectivity index (χ1) is 15.3. The van der Waals surface area contributed by atoms with Crippen LogP contribution in [0.3, 0.4) is 0 Å². The highest BCUT2D eigenvalue weighted by Crippen LogP contribution is 2.35. The van der Waals surface area contributed by atoms with Crippen LogP contribution in [0.1, 0.15) is 5.56 Å². The molecule has 0 unspecified atom stereocenters. The number of rotatable bonds is 4. The Kier molecular flexibility index (Phi) is 8.50. The molecule has 3 aliphatic rings. The lowest BCUT2D eigenvalue weighted by Crippen LogP contribution is -2.49. The molecule has 3 heterocycles. The maximum Gasteiger partial charge on any atom is 0.490 e. The molecule has 3 aliphatic heterocycles. The second-order valence-corrected chi connectivity index (χ2v) is 8.30. The number of nitrogens with zero attached hydrogens (tertiary/aromatic N) is 2. The zero-order valence-corrected chi connectivity index (χ0v) is 17.8. The lowest BCUT2D eigenvalue weighted by Gasteiger charge is -2.36. The number of carbonyl (C=O) groups excluding carboxylic acids is 1. The number of aliphatic carboxylic acids is 1. The van der Waals surface area contributed by atoms with Crippen molar-refractivity contribution in [1.82, 2.24) is 9.80 Å². The molecule has 3 saturated heterocycles. The Hall–Kier alpha value is -2.17. The largest absolute Gasteiger partial charge is 0.490 e. The summed E-state index contributed by atoms with van der Waals surface area (Å²) in [5, 5.41) is 7.12. The first-order valence-corrected chi connectivity index (χ1v) is 10.8. The van der Waals surface area contributed by atoms with Crippen molar-refractivity contribution >= 4 is 11.9 Å². The van der Waals surface area contributed by atoms with E-state index >= 15 is 0 Å². The fraction of sp³-hybridized carbons (Fsp3) is 0.636. The number of morpholine rings is 1. The summed E-state index contributed by atoms with van der Waals surface area (Å²) in [6.07, 6.45) is -4.01. The summed E-state index contributed by atoms with van der Waals surface area (Å²) in [5.74, 6) is -1.51. The van der Waals surface area contributed by atoms with Crippen LogP contribution in [-0.2, 0) is 25.5 Å². The van der Waals surface area contributed by atoms with E-state index in [1.807, 2.05) is 4.90 Å². The Morgan fingerprint density at radius 2 is 1.69 bits per heavy atom. The molecule has 7 nitrogen and oxygen atoms in total. The molecular formula is C22H29F3N2O5. The standard InChI is InChI=1S/C20H28N2O3.C2HF3O2/c23-20(22-8-10-24-11-9-22)19-15-25-14-17-12-21(13-18(17)19)7-6-16-4-2-1-3-5-16;3-2(4,5)1(6)7/h1-5,17-19H,6-15H2;(H,6,7)/t17-,18-,19+;/m1./s1. The highest BCUT2D eigenvalue weighted by Gasteiger charge is 2.45. The Morgan fingerprint density at radius 1 is 1.03 bits per heavy atom. The van der Waals surface area contributed by atoms with Crippen LogP contribution in [0, 0.1) is 17.8 Å². The average molecular weight is 458 g/mol. The number of alkyl halides is 3. The molecule has 0 aliphatic carbocycles. The van der Waals surface area contributed by atoms with Crippen molar-refractivity contribution in [3.8, 4) is 0 Å². The number of amides is 1. The number of hydrogen-bond donors (Lipinski definition) is 1. The first-order valence-electron chi connectivity index (χ1n) is 10.8. The van der Waals surface area contributed by atoms with E-state index in [-0.39, 0.29) is 11.8 Å². The minimum atomic E-state index is -5.08. The van der Waals surface area contributed by atoms with Gasteiger partial charge in [-0.2, -0.15) is 13.2 Å². The van der Waals surface area contributed by atoms with Gasteiger partial charge >= 0.3 is 12.1 Å². The molecular weight excluding hydrogens is 429 g/mol. The van der Waals surface area contributed by atoms with Crippen LogP contribution in [-0.4, -0.2) is 92.1 Å². The number of fused-ring (bicyclic) bond motifs is 1. The van der Waals surface area contributed by atoms with Crippen LogP contribution >= 0.6 is 0 Å². The minimum Gasteiger partial charge on any atom is -0.475 e. The summed E-state index contributed by atoms with van der Waals surface area (Å²) in [6, 6.07) is 10.6. The molecule has 1 aromatic rings. The van der Waals surface area contributed by atoms with Crippen LogP contribution in [0.5, 0.6) is 0 Å². The molecule has 32 heavy (non-hydrogen) atoms. The van der Waals surface area contributed by atoms with E-state index in [4.69, 9.17) is 19.4 Å². The second-order valence-electron chi connectivity index (χ2n) is 8.30. The highest BCUT2D eigenvalue weighted by atomic mass is 19.4. The number of carboxylic acids is 1. The third-order valence-electron chi connectivity index (χ3n) is 6.16. The van der Waals surface area contributed by atoms with Crippen LogP contribution < -0.4 is 0 Å². The average Bonchev–Trinajstić information content (AvgIpc) is 3.21. The molecule has 3 atom stereocenters.